The van der Waals surface area contributed by atoms with Crippen LogP contribution in [0.2, 0.25) is 0 Å². The molecule has 0 heterocycles. The fourth-order valence-corrected chi connectivity index (χ4v) is 1.87. The lowest BCUT2D eigenvalue weighted by Crippen LogP contribution is -2.09. The summed E-state index contributed by atoms with van der Waals surface area (Å²) in [4.78, 5) is 0. The standard InChI is InChI=1S/C18H19NO2/c1-15-14-16(6-5-11-19)9-10-18(15)21-13-12-20-17-7-3-2-4-8-17/h2-4,7-10,14H,11-13,19H2,1H3. The van der Waals surface area contributed by atoms with Crippen LogP contribution in [0.1, 0.15) is 11.1 Å². The Bertz CT molecular complexity index is 627. The van der Waals surface area contributed by atoms with Gasteiger partial charge in [0.15, 0.2) is 0 Å². The number of aryl methyl sites for hydroxylation is 1. The van der Waals surface area contributed by atoms with Gasteiger partial charge in [-0.05, 0) is 42.8 Å². The summed E-state index contributed by atoms with van der Waals surface area (Å²) in [7, 11) is 0. The zero-order chi connectivity index (χ0) is 14.9. The topological polar surface area (TPSA) is 44.5 Å². The lowest BCUT2D eigenvalue weighted by atomic mass is 10.1. The summed E-state index contributed by atoms with van der Waals surface area (Å²) in [5.41, 5.74) is 7.37. The Morgan fingerprint density at radius 2 is 1.76 bits per heavy atom. The number of hydrogen-bond donors (Lipinski definition) is 1. The van der Waals surface area contributed by atoms with E-state index in [-0.39, 0.29) is 0 Å². The van der Waals surface area contributed by atoms with Crippen molar-refractivity contribution in [2.75, 3.05) is 19.8 Å². The average Bonchev–Trinajstić information content (AvgIpc) is 2.52. The first-order valence-corrected chi connectivity index (χ1v) is 6.90. The van der Waals surface area contributed by atoms with Crippen molar-refractivity contribution >= 4 is 0 Å². The molecule has 0 fully saturated rings. The Kier molecular flexibility index (Phi) is 5.69. The normalized spacial score (nSPS) is 9.62. The van der Waals surface area contributed by atoms with Gasteiger partial charge < -0.3 is 15.2 Å². The molecular weight excluding hydrogens is 262 g/mol. The predicted octanol–water partition coefficient (Wildman–Crippen LogP) is 2.76. The zero-order valence-electron chi connectivity index (χ0n) is 12.1. The number of benzene rings is 2. The average molecular weight is 281 g/mol. The third kappa shape index (κ3) is 4.87. The molecule has 2 rings (SSSR count). The fourth-order valence-electron chi connectivity index (χ4n) is 1.87. The van der Waals surface area contributed by atoms with Crippen LogP contribution in [-0.2, 0) is 0 Å². The molecule has 0 atom stereocenters. The van der Waals surface area contributed by atoms with Gasteiger partial charge in [0.2, 0.25) is 0 Å². The Hall–Kier alpha value is -2.44. The van der Waals surface area contributed by atoms with E-state index in [9.17, 15) is 0 Å². The molecular formula is C18H19NO2. The first kappa shape index (κ1) is 15.0. The molecule has 0 bridgehead atoms. The van der Waals surface area contributed by atoms with Gasteiger partial charge in [0.05, 0.1) is 6.54 Å². The molecule has 108 valence electrons. The highest BCUT2D eigenvalue weighted by Crippen LogP contribution is 2.18. The summed E-state index contributed by atoms with van der Waals surface area (Å²) >= 11 is 0. The monoisotopic (exact) mass is 281 g/mol. The molecule has 0 aliphatic heterocycles. The van der Waals surface area contributed by atoms with E-state index < -0.39 is 0 Å². The molecule has 2 aromatic carbocycles. The van der Waals surface area contributed by atoms with E-state index in [2.05, 4.69) is 11.8 Å². The van der Waals surface area contributed by atoms with Crippen LogP contribution < -0.4 is 15.2 Å². The highest BCUT2D eigenvalue weighted by molar-refractivity contribution is 5.43. The third-order valence-corrected chi connectivity index (χ3v) is 2.86. The Morgan fingerprint density at radius 3 is 2.48 bits per heavy atom. The van der Waals surface area contributed by atoms with Crippen LogP contribution in [-0.4, -0.2) is 19.8 Å². The van der Waals surface area contributed by atoms with E-state index in [4.69, 9.17) is 15.2 Å². The van der Waals surface area contributed by atoms with E-state index in [0.717, 1.165) is 22.6 Å². The second-order valence-electron chi connectivity index (χ2n) is 4.50. The molecule has 0 aromatic heterocycles. The van der Waals surface area contributed by atoms with E-state index in [1.54, 1.807) is 0 Å². The van der Waals surface area contributed by atoms with Crippen LogP contribution in [0.3, 0.4) is 0 Å². The fraction of sp³-hybridized carbons (Fsp3) is 0.222. The van der Waals surface area contributed by atoms with Crippen molar-refractivity contribution in [3.8, 4) is 23.3 Å². The molecule has 21 heavy (non-hydrogen) atoms. The maximum atomic E-state index is 5.72. The molecule has 0 aliphatic carbocycles. The molecule has 0 unspecified atom stereocenters. The molecule has 2 N–H and O–H groups in total. The van der Waals surface area contributed by atoms with Crippen LogP contribution in [0.15, 0.2) is 48.5 Å². The van der Waals surface area contributed by atoms with Gasteiger partial charge in [-0.25, -0.2) is 0 Å². The van der Waals surface area contributed by atoms with Crippen LogP contribution in [0.5, 0.6) is 11.5 Å². The van der Waals surface area contributed by atoms with E-state index in [1.165, 1.54) is 0 Å². The summed E-state index contributed by atoms with van der Waals surface area (Å²) in [6, 6.07) is 15.6. The second-order valence-corrected chi connectivity index (χ2v) is 4.50. The summed E-state index contributed by atoms with van der Waals surface area (Å²) in [6.45, 7) is 3.39. The molecule has 0 amide bonds. The van der Waals surface area contributed by atoms with Crippen LogP contribution in [0.25, 0.3) is 0 Å². The smallest absolute Gasteiger partial charge is 0.122 e. The first-order valence-electron chi connectivity index (χ1n) is 6.90. The van der Waals surface area contributed by atoms with Crippen LogP contribution in [0.4, 0.5) is 0 Å². The highest BCUT2D eigenvalue weighted by Gasteiger charge is 2.00. The van der Waals surface area contributed by atoms with E-state index in [1.807, 2.05) is 55.5 Å². The number of rotatable bonds is 5. The summed E-state index contributed by atoms with van der Waals surface area (Å²) < 4.78 is 11.3. The number of nitrogens with two attached hydrogens (primary N) is 1. The van der Waals surface area contributed by atoms with Crippen molar-refractivity contribution in [1.82, 2.24) is 0 Å². The molecule has 0 saturated carbocycles. The minimum atomic E-state index is 0.369. The lowest BCUT2D eigenvalue weighted by Gasteiger charge is -2.10. The van der Waals surface area contributed by atoms with Gasteiger partial charge in [-0.3, -0.25) is 0 Å². The largest absolute Gasteiger partial charge is 0.490 e. The highest BCUT2D eigenvalue weighted by atomic mass is 16.5. The van der Waals surface area contributed by atoms with Crippen LogP contribution in [0, 0.1) is 18.8 Å². The number of hydrogen-bond acceptors (Lipinski definition) is 3. The Balaban J connectivity index is 1.83. The molecule has 2 aromatic rings. The van der Waals surface area contributed by atoms with Gasteiger partial charge in [-0.15, -0.1) is 0 Å². The maximum Gasteiger partial charge on any atom is 0.122 e. The molecule has 0 spiro atoms. The Labute approximate surface area is 125 Å². The summed E-state index contributed by atoms with van der Waals surface area (Å²) in [5.74, 6) is 7.55. The molecule has 3 nitrogen and oxygen atoms in total. The van der Waals surface area contributed by atoms with Crippen molar-refractivity contribution in [1.29, 1.82) is 0 Å². The van der Waals surface area contributed by atoms with Gasteiger partial charge in [-0.1, -0.05) is 30.0 Å². The molecule has 0 saturated heterocycles. The van der Waals surface area contributed by atoms with Crippen molar-refractivity contribution in [2.24, 2.45) is 5.73 Å². The van der Waals surface area contributed by atoms with Gasteiger partial charge in [-0.2, -0.15) is 0 Å². The quantitative estimate of drug-likeness (QED) is 0.677. The number of para-hydroxylation sites is 1. The van der Waals surface area contributed by atoms with Crippen molar-refractivity contribution in [2.45, 2.75) is 6.92 Å². The van der Waals surface area contributed by atoms with Crippen molar-refractivity contribution in [3.05, 3.63) is 59.7 Å². The molecule has 0 radical (unpaired) electrons. The summed E-state index contributed by atoms with van der Waals surface area (Å²) in [5, 5.41) is 0. The van der Waals surface area contributed by atoms with Crippen LogP contribution >= 0.6 is 0 Å². The molecule has 3 heteroatoms. The predicted molar refractivity (Wildman–Crippen MR) is 84.5 cm³/mol. The maximum absolute atomic E-state index is 5.72. The second kappa shape index (κ2) is 7.98. The lowest BCUT2D eigenvalue weighted by molar-refractivity contribution is 0.216. The van der Waals surface area contributed by atoms with Gasteiger partial charge in [0, 0.05) is 5.56 Å². The Morgan fingerprint density at radius 1 is 1.00 bits per heavy atom. The number of ether oxygens (including phenoxy) is 2. The van der Waals surface area contributed by atoms with Gasteiger partial charge >= 0.3 is 0 Å². The van der Waals surface area contributed by atoms with Gasteiger partial charge in [0.25, 0.3) is 0 Å². The third-order valence-electron chi connectivity index (χ3n) is 2.86. The SMILES string of the molecule is Cc1cc(C#CCN)ccc1OCCOc1ccccc1. The minimum Gasteiger partial charge on any atom is -0.490 e. The van der Waals surface area contributed by atoms with Gasteiger partial charge in [0.1, 0.15) is 24.7 Å². The zero-order valence-corrected chi connectivity index (χ0v) is 12.1. The van der Waals surface area contributed by atoms with E-state index >= 15 is 0 Å². The first-order chi connectivity index (χ1) is 10.3. The minimum absolute atomic E-state index is 0.369. The van der Waals surface area contributed by atoms with Crippen molar-refractivity contribution < 1.29 is 9.47 Å². The molecule has 0 aliphatic rings. The summed E-state index contributed by atoms with van der Waals surface area (Å²) in [6.07, 6.45) is 0. The van der Waals surface area contributed by atoms with E-state index in [0.29, 0.717) is 19.8 Å². The van der Waals surface area contributed by atoms with Crippen molar-refractivity contribution in [3.63, 3.8) is 0 Å².